The van der Waals surface area contributed by atoms with Gasteiger partial charge in [-0.05, 0) is 0 Å². The van der Waals surface area contributed by atoms with Crippen LogP contribution in [0.3, 0.4) is 0 Å². The van der Waals surface area contributed by atoms with Gasteiger partial charge in [0.1, 0.15) is 6.61 Å². The minimum atomic E-state index is -0.0333. The molecule has 1 saturated heterocycles. The number of hydrogen-bond donors (Lipinski definition) is 2. The first kappa shape index (κ1) is 8.45. The van der Waals surface area contributed by atoms with E-state index in [0.29, 0.717) is 0 Å². The molecule has 0 saturated carbocycles. The van der Waals surface area contributed by atoms with Gasteiger partial charge in [0.25, 0.3) is 5.91 Å². The Morgan fingerprint density at radius 3 is 2.73 bits per heavy atom. The molecule has 3 N–H and O–H groups in total. The molecule has 0 aromatic heterocycles. The Kier molecular flexibility index (Phi) is 3.28. The van der Waals surface area contributed by atoms with Crippen LogP contribution in [0.4, 0.5) is 0 Å². The zero-order valence-electron chi connectivity index (χ0n) is 6.38. The molecule has 11 heavy (non-hydrogen) atoms. The second kappa shape index (κ2) is 4.27. The van der Waals surface area contributed by atoms with Gasteiger partial charge < -0.3 is 10.2 Å². The summed E-state index contributed by atoms with van der Waals surface area (Å²) >= 11 is 0. The molecule has 1 heterocycles. The molecule has 0 spiro atoms. The summed E-state index contributed by atoms with van der Waals surface area (Å²) in [5.74, 6) is 4.74. The number of carbonyl (C=O) groups excluding carboxylic acids is 1. The fraction of sp³-hybridized carbons (Fsp3) is 0.833. The van der Waals surface area contributed by atoms with Crippen molar-refractivity contribution in [3.05, 3.63) is 0 Å². The summed E-state index contributed by atoms with van der Waals surface area (Å²) in [6.07, 6.45) is 0. The lowest BCUT2D eigenvalue weighted by molar-refractivity contribution is -0.136. The molecule has 0 bridgehead atoms. The Labute approximate surface area is 65.4 Å². The second-order valence-corrected chi connectivity index (χ2v) is 2.44. The number of nitrogens with two attached hydrogens (primary N) is 1. The Bertz CT molecular complexity index is 134. The Morgan fingerprint density at radius 1 is 1.55 bits per heavy atom. The van der Waals surface area contributed by atoms with Crippen LogP contribution in [0.1, 0.15) is 0 Å². The molecule has 0 atom stereocenters. The largest absolute Gasteiger partial charge is 0.338 e. The number of hydrogen-bond acceptors (Lipinski definition) is 4. The summed E-state index contributed by atoms with van der Waals surface area (Å²) in [6.45, 7) is 3.21. The van der Waals surface area contributed by atoms with E-state index in [4.69, 9.17) is 5.90 Å². The van der Waals surface area contributed by atoms with E-state index in [1.807, 2.05) is 0 Å². The zero-order valence-corrected chi connectivity index (χ0v) is 6.38. The van der Waals surface area contributed by atoms with Gasteiger partial charge in [0.15, 0.2) is 0 Å². The van der Waals surface area contributed by atoms with Crippen molar-refractivity contribution in [1.82, 2.24) is 10.2 Å². The summed E-state index contributed by atoms with van der Waals surface area (Å²) in [5, 5.41) is 3.15. The normalized spacial score (nSPS) is 18.5. The van der Waals surface area contributed by atoms with Gasteiger partial charge in [-0.15, -0.1) is 0 Å². The molecule has 1 aliphatic rings. The number of nitrogens with one attached hydrogen (secondary N) is 1. The monoisotopic (exact) mass is 159 g/mol. The van der Waals surface area contributed by atoms with E-state index in [-0.39, 0.29) is 12.5 Å². The highest BCUT2D eigenvalue weighted by Crippen LogP contribution is 1.92. The van der Waals surface area contributed by atoms with E-state index < -0.39 is 0 Å². The maximum absolute atomic E-state index is 11.1. The van der Waals surface area contributed by atoms with Crippen LogP contribution in [-0.2, 0) is 9.63 Å². The first-order valence-corrected chi connectivity index (χ1v) is 3.65. The second-order valence-electron chi connectivity index (χ2n) is 2.44. The lowest BCUT2D eigenvalue weighted by Gasteiger charge is -2.26. The van der Waals surface area contributed by atoms with Crippen molar-refractivity contribution in [3.8, 4) is 0 Å². The van der Waals surface area contributed by atoms with Crippen molar-refractivity contribution in [3.63, 3.8) is 0 Å². The van der Waals surface area contributed by atoms with Gasteiger partial charge in [0.2, 0.25) is 0 Å². The van der Waals surface area contributed by atoms with Crippen LogP contribution in [0.2, 0.25) is 0 Å². The summed E-state index contributed by atoms with van der Waals surface area (Å²) in [5.41, 5.74) is 0. The third kappa shape index (κ3) is 2.45. The molecule has 0 aromatic rings. The first-order chi connectivity index (χ1) is 5.34. The molecule has 0 unspecified atom stereocenters. The van der Waals surface area contributed by atoms with E-state index in [1.54, 1.807) is 4.90 Å². The molecule has 0 aromatic carbocycles. The summed E-state index contributed by atoms with van der Waals surface area (Å²) in [7, 11) is 0. The van der Waals surface area contributed by atoms with Crippen molar-refractivity contribution in [2.75, 3.05) is 32.8 Å². The van der Waals surface area contributed by atoms with Crippen molar-refractivity contribution < 1.29 is 9.63 Å². The van der Waals surface area contributed by atoms with E-state index in [1.165, 1.54) is 0 Å². The standard InChI is InChI=1S/C6H13N3O2/c7-11-5-6(10)9-3-1-8-2-4-9/h8H,1-5,7H2. The number of rotatable bonds is 2. The maximum atomic E-state index is 11.1. The number of piperazine rings is 1. The molecule has 1 aliphatic heterocycles. The van der Waals surface area contributed by atoms with Crippen LogP contribution in [0.5, 0.6) is 0 Å². The van der Waals surface area contributed by atoms with Gasteiger partial charge in [-0.2, -0.15) is 0 Å². The Hall–Kier alpha value is -0.650. The van der Waals surface area contributed by atoms with Crippen LogP contribution in [-0.4, -0.2) is 43.6 Å². The molecule has 5 heteroatoms. The molecule has 0 radical (unpaired) electrons. The molecule has 1 rings (SSSR count). The topological polar surface area (TPSA) is 67.6 Å². The summed E-state index contributed by atoms with van der Waals surface area (Å²) in [6, 6.07) is 0. The van der Waals surface area contributed by atoms with Gasteiger partial charge in [0.05, 0.1) is 0 Å². The zero-order chi connectivity index (χ0) is 8.10. The first-order valence-electron chi connectivity index (χ1n) is 3.65. The van der Waals surface area contributed by atoms with Crippen molar-refractivity contribution in [2.24, 2.45) is 5.90 Å². The highest BCUT2D eigenvalue weighted by atomic mass is 16.6. The van der Waals surface area contributed by atoms with E-state index in [9.17, 15) is 4.79 Å². The minimum Gasteiger partial charge on any atom is -0.338 e. The van der Waals surface area contributed by atoms with Gasteiger partial charge in [-0.1, -0.05) is 0 Å². The van der Waals surface area contributed by atoms with Crippen LogP contribution < -0.4 is 11.2 Å². The fourth-order valence-corrected chi connectivity index (χ4v) is 1.08. The van der Waals surface area contributed by atoms with Crippen molar-refractivity contribution >= 4 is 5.91 Å². The van der Waals surface area contributed by atoms with E-state index in [0.717, 1.165) is 26.2 Å². The molecule has 1 amide bonds. The predicted octanol–water partition coefficient (Wildman–Crippen LogP) is -1.69. The molecular weight excluding hydrogens is 146 g/mol. The average molecular weight is 159 g/mol. The molecule has 5 nitrogen and oxygen atoms in total. The molecule has 1 fully saturated rings. The van der Waals surface area contributed by atoms with Gasteiger partial charge in [0, 0.05) is 26.2 Å². The highest BCUT2D eigenvalue weighted by Gasteiger charge is 2.15. The van der Waals surface area contributed by atoms with Crippen LogP contribution in [0.15, 0.2) is 0 Å². The van der Waals surface area contributed by atoms with Crippen LogP contribution in [0, 0.1) is 0 Å². The summed E-state index contributed by atoms with van der Waals surface area (Å²) in [4.78, 5) is 17.1. The van der Waals surface area contributed by atoms with E-state index >= 15 is 0 Å². The molecular formula is C6H13N3O2. The number of amides is 1. The minimum absolute atomic E-state index is 0.0139. The Balaban J connectivity index is 2.27. The van der Waals surface area contributed by atoms with Crippen molar-refractivity contribution in [2.45, 2.75) is 0 Å². The predicted molar refractivity (Wildman–Crippen MR) is 39.6 cm³/mol. The summed E-state index contributed by atoms with van der Waals surface area (Å²) < 4.78 is 0. The third-order valence-electron chi connectivity index (χ3n) is 1.68. The van der Waals surface area contributed by atoms with Gasteiger partial charge in [-0.25, -0.2) is 5.90 Å². The maximum Gasteiger partial charge on any atom is 0.250 e. The van der Waals surface area contributed by atoms with E-state index in [2.05, 4.69) is 10.2 Å². The Morgan fingerprint density at radius 2 is 2.18 bits per heavy atom. The third-order valence-corrected chi connectivity index (χ3v) is 1.68. The van der Waals surface area contributed by atoms with Gasteiger partial charge >= 0.3 is 0 Å². The SMILES string of the molecule is NOCC(=O)N1CCNCC1. The molecule has 64 valence electrons. The van der Waals surface area contributed by atoms with Crippen LogP contribution >= 0.6 is 0 Å². The van der Waals surface area contributed by atoms with Crippen LogP contribution in [0.25, 0.3) is 0 Å². The smallest absolute Gasteiger partial charge is 0.250 e. The lowest BCUT2D eigenvalue weighted by Crippen LogP contribution is -2.47. The average Bonchev–Trinajstić information content (AvgIpc) is 2.07. The lowest BCUT2D eigenvalue weighted by atomic mass is 10.3. The number of nitrogens with zero attached hydrogens (tertiary/aromatic N) is 1. The van der Waals surface area contributed by atoms with Crippen molar-refractivity contribution in [1.29, 1.82) is 0 Å². The quantitative estimate of drug-likeness (QED) is 0.472. The molecule has 0 aliphatic carbocycles. The van der Waals surface area contributed by atoms with Gasteiger partial charge in [-0.3, -0.25) is 9.63 Å². The fourth-order valence-electron chi connectivity index (χ4n) is 1.08. The number of carbonyl (C=O) groups is 1. The highest BCUT2D eigenvalue weighted by molar-refractivity contribution is 5.77.